The predicted octanol–water partition coefficient (Wildman–Crippen LogP) is 2.17. The van der Waals surface area contributed by atoms with E-state index in [0.29, 0.717) is 22.8 Å². The summed E-state index contributed by atoms with van der Waals surface area (Å²) in [5.74, 6) is 0.136. The average molecular weight is 320 g/mol. The van der Waals surface area contributed by atoms with E-state index < -0.39 is 0 Å². The number of guanidine groups is 1. The van der Waals surface area contributed by atoms with E-state index in [0.717, 1.165) is 24.3 Å². The number of benzene rings is 2. The molecule has 2 amide bonds. The topological polar surface area (TPSA) is 73.8 Å². The van der Waals surface area contributed by atoms with Gasteiger partial charge in [0.2, 0.25) is 0 Å². The van der Waals surface area contributed by atoms with Crippen LogP contribution >= 0.6 is 0 Å². The molecule has 2 aliphatic rings. The van der Waals surface area contributed by atoms with Crippen molar-refractivity contribution in [3.63, 3.8) is 0 Å². The Morgan fingerprint density at radius 1 is 1.04 bits per heavy atom. The lowest BCUT2D eigenvalue weighted by atomic mass is 10.1. The van der Waals surface area contributed by atoms with Gasteiger partial charge < -0.3 is 10.6 Å². The van der Waals surface area contributed by atoms with Crippen LogP contribution in [0.1, 0.15) is 26.3 Å². The summed E-state index contributed by atoms with van der Waals surface area (Å²) < 4.78 is 0. The molecule has 0 atom stereocenters. The summed E-state index contributed by atoms with van der Waals surface area (Å²) >= 11 is 0. The second-order valence-electron chi connectivity index (χ2n) is 5.72. The van der Waals surface area contributed by atoms with Crippen molar-refractivity contribution in [2.24, 2.45) is 4.99 Å². The quantitative estimate of drug-likeness (QED) is 0.832. The lowest BCUT2D eigenvalue weighted by Crippen LogP contribution is -2.31. The molecule has 0 aliphatic carbocycles. The maximum atomic E-state index is 12.7. The third-order valence-corrected chi connectivity index (χ3v) is 4.27. The highest BCUT2D eigenvalue weighted by Gasteiger charge is 2.37. The zero-order chi connectivity index (χ0) is 16.7. The highest BCUT2D eigenvalue weighted by atomic mass is 16.2. The Labute approximate surface area is 139 Å². The van der Waals surface area contributed by atoms with Crippen LogP contribution in [0.15, 0.2) is 47.5 Å². The standard InChI is InChI=1S/C18H16N4O2/c1-11-14(21-18-19-9-10-20-18)7-4-8-15(11)22-16(23)12-5-2-3-6-13(12)17(22)24/h2-8H,9-10H2,1H3,(H2,19,20,21). The van der Waals surface area contributed by atoms with Crippen LogP contribution in [0.25, 0.3) is 0 Å². The monoisotopic (exact) mass is 320 g/mol. The number of fused-ring (bicyclic) bond motifs is 1. The number of carbonyl (C=O) groups is 2. The van der Waals surface area contributed by atoms with Crippen LogP contribution in [0.3, 0.4) is 0 Å². The summed E-state index contributed by atoms with van der Waals surface area (Å²) in [7, 11) is 0. The second-order valence-corrected chi connectivity index (χ2v) is 5.72. The highest BCUT2D eigenvalue weighted by Crippen LogP contribution is 2.33. The van der Waals surface area contributed by atoms with E-state index in [1.165, 1.54) is 4.90 Å². The molecule has 24 heavy (non-hydrogen) atoms. The molecule has 6 nitrogen and oxygen atoms in total. The van der Waals surface area contributed by atoms with Crippen LogP contribution < -0.4 is 15.5 Å². The molecule has 0 bridgehead atoms. The van der Waals surface area contributed by atoms with Crippen molar-refractivity contribution in [1.82, 2.24) is 5.32 Å². The van der Waals surface area contributed by atoms with Gasteiger partial charge in [-0.15, -0.1) is 0 Å². The fraction of sp³-hybridized carbons (Fsp3) is 0.167. The van der Waals surface area contributed by atoms with E-state index in [-0.39, 0.29) is 11.8 Å². The number of imide groups is 1. The molecule has 0 spiro atoms. The van der Waals surface area contributed by atoms with E-state index in [1.807, 2.05) is 19.1 Å². The van der Waals surface area contributed by atoms with E-state index >= 15 is 0 Å². The van der Waals surface area contributed by atoms with Gasteiger partial charge in [-0.2, -0.15) is 0 Å². The fourth-order valence-electron chi connectivity index (χ4n) is 3.02. The molecule has 2 aromatic rings. The Morgan fingerprint density at radius 2 is 1.75 bits per heavy atom. The predicted molar refractivity (Wildman–Crippen MR) is 92.7 cm³/mol. The highest BCUT2D eigenvalue weighted by molar-refractivity contribution is 6.34. The molecule has 120 valence electrons. The van der Waals surface area contributed by atoms with Crippen molar-refractivity contribution in [2.75, 3.05) is 23.3 Å². The number of hydrogen-bond donors (Lipinski definition) is 2. The first-order valence-electron chi connectivity index (χ1n) is 7.79. The fourth-order valence-corrected chi connectivity index (χ4v) is 3.02. The van der Waals surface area contributed by atoms with Crippen LogP contribution in [-0.2, 0) is 0 Å². The van der Waals surface area contributed by atoms with Crippen LogP contribution in [0.2, 0.25) is 0 Å². The zero-order valence-electron chi connectivity index (χ0n) is 13.2. The lowest BCUT2D eigenvalue weighted by molar-refractivity contribution is 0.0926. The van der Waals surface area contributed by atoms with Gasteiger partial charge in [0, 0.05) is 12.2 Å². The van der Waals surface area contributed by atoms with Gasteiger partial charge in [-0.05, 0) is 36.8 Å². The number of carbonyl (C=O) groups excluding carboxylic acids is 2. The Bertz CT molecular complexity index is 853. The minimum Gasteiger partial charge on any atom is -0.354 e. The summed E-state index contributed by atoms with van der Waals surface area (Å²) in [6.45, 7) is 3.43. The molecule has 0 radical (unpaired) electrons. The first-order chi connectivity index (χ1) is 11.7. The molecule has 2 aliphatic heterocycles. The third-order valence-electron chi connectivity index (χ3n) is 4.27. The van der Waals surface area contributed by atoms with Gasteiger partial charge in [0.15, 0.2) is 5.96 Å². The van der Waals surface area contributed by atoms with Crippen LogP contribution in [0.5, 0.6) is 0 Å². The van der Waals surface area contributed by atoms with E-state index in [2.05, 4.69) is 15.6 Å². The first kappa shape index (κ1) is 14.4. The van der Waals surface area contributed by atoms with E-state index in [9.17, 15) is 9.59 Å². The number of amides is 2. The van der Waals surface area contributed by atoms with Crippen molar-refractivity contribution in [3.8, 4) is 0 Å². The SMILES string of the molecule is Cc1c(NC2=NCCN2)cccc1N1C(=O)c2ccccc2C1=O. The average Bonchev–Trinajstić information content (AvgIpc) is 3.18. The number of anilines is 2. The molecule has 0 unspecified atom stereocenters. The van der Waals surface area contributed by atoms with Crippen molar-refractivity contribution in [2.45, 2.75) is 6.92 Å². The molecule has 6 heteroatoms. The molecule has 4 rings (SSSR count). The maximum absolute atomic E-state index is 12.7. The molecule has 0 saturated heterocycles. The molecule has 0 saturated carbocycles. The number of rotatable bonds is 2. The zero-order valence-corrected chi connectivity index (χ0v) is 13.2. The number of hydrogen-bond acceptors (Lipinski definition) is 5. The summed E-state index contributed by atoms with van der Waals surface area (Å²) in [4.78, 5) is 30.9. The Hall–Kier alpha value is -3.15. The van der Waals surface area contributed by atoms with Gasteiger partial charge in [-0.25, -0.2) is 4.90 Å². The van der Waals surface area contributed by atoms with Gasteiger partial charge in [0.1, 0.15) is 0 Å². The molecule has 2 aromatic carbocycles. The molecule has 2 heterocycles. The first-order valence-corrected chi connectivity index (χ1v) is 7.79. The van der Waals surface area contributed by atoms with Crippen molar-refractivity contribution in [3.05, 3.63) is 59.2 Å². The van der Waals surface area contributed by atoms with Gasteiger partial charge in [-0.1, -0.05) is 18.2 Å². The number of nitrogens with zero attached hydrogens (tertiary/aromatic N) is 2. The molecule has 0 fully saturated rings. The van der Waals surface area contributed by atoms with Crippen LogP contribution in [0.4, 0.5) is 11.4 Å². The minimum absolute atomic E-state index is 0.285. The maximum Gasteiger partial charge on any atom is 0.266 e. The summed E-state index contributed by atoms with van der Waals surface area (Å²) in [6.07, 6.45) is 0. The van der Waals surface area contributed by atoms with Crippen LogP contribution in [0, 0.1) is 6.92 Å². The third kappa shape index (κ3) is 2.15. The van der Waals surface area contributed by atoms with Gasteiger partial charge in [0.25, 0.3) is 11.8 Å². The lowest BCUT2D eigenvalue weighted by Gasteiger charge is -2.19. The van der Waals surface area contributed by atoms with Crippen molar-refractivity contribution < 1.29 is 9.59 Å². The van der Waals surface area contributed by atoms with Crippen LogP contribution in [-0.4, -0.2) is 30.9 Å². The van der Waals surface area contributed by atoms with Gasteiger partial charge in [0.05, 0.1) is 23.4 Å². The van der Waals surface area contributed by atoms with Crippen molar-refractivity contribution in [1.29, 1.82) is 0 Å². The largest absolute Gasteiger partial charge is 0.354 e. The van der Waals surface area contributed by atoms with E-state index in [4.69, 9.17) is 0 Å². The molecule has 0 aromatic heterocycles. The minimum atomic E-state index is -0.285. The normalized spacial score (nSPS) is 16.0. The summed E-state index contributed by atoms with van der Waals surface area (Å²) in [6, 6.07) is 12.4. The second kappa shape index (κ2) is 5.49. The Kier molecular flexibility index (Phi) is 3.30. The summed E-state index contributed by atoms with van der Waals surface area (Å²) in [5, 5.41) is 6.36. The number of aliphatic imine (C=N–C) groups is 1. The molecular weight excluding hydrogens is 304 g/mol. The Balaban J connectivity index is 1.73. The smallest absolute Gasteiger partial charge is 0.266 e. The Morgan fingerprint density at radius 3 is 2.38 bits per heavy atom. The van der Waals surface area contributed by atoms with Gasteiger partial charge >= 0.3 is 0 Å². The van der Waals surface area contributed by atoms with Gasteiger partial charge in [-0.3, -0.25) is 14.6 Å². The number of nitrogens with one attached hydrogen (secondary N) is 2. The molecular formula is C18H16N4O2. The molecule has 2 N–H and O–H groups in total. The van der Waals surface area contributed by atoms with Crippen molar-refractivity contribution >= 4 is 29.1 Å². The van der Waals surface area contributed by atoms with E-state index in [1.54, 1.807) is 30.3 Å². The summed E-state index contributed by atoms with van der Waals surface area (Å²) in [5.41, 5.74) is 3.12.